The normalized spacial score (nSPS) is 10.0. The van der Waals surface area contributed by atoms with Crippen molar-refractivity contribution in [2.75, 3.05) is 49.5 Å². The zero-order valence-electron chi connectivity index (χ0n) is 9.20. The summed E-state index contributed by atoms with van der Waals surface area (Å²) in [7, 11) is 7.78. The van der Waals surface area contributed by atoms with Gasteiger partial charge in [0, 0.05) is 28.2 Å². The molecule has 4 nitrogen and oxygen atoms in total. The van der Waals surface area contributed by atoms with Gasteiger partial charge in [0.15, 0.2) is 0 Å². The molecule has 0 aliphatic rings. The molecule has 0 bridgehead atoms. The lowest BCUT2D eigenvalue weighted by Gasteiger charge is -2.21. The molecule has 1 aromatic rings. The lowest BCUT2D eigenvalue weighted by Crippen LogP contribution is -2.16. The molecule has 0 aliphatic heterocycles. The first-order valence-corrected chi connectivity index (χ1v) is 4.47. The summed E-state index contributed by atoms with van der Waals surface area (Å²) in [4.78, 5) is 3.90. The molecule has 0 spiro atoms. The average Bonchev–Trinajstić information content (AvgIpc) is 2.08. The Morgan fingerprint density at radius 1 is 0.786 bits per heavy atom. The third-order valence-electron chi connectivity index (χ3n) is 2.20. The first-order valence-electron chi connectivity index (χ1n) is 4.47. The standard InChI is InChI=1S/C10H18N4/c1-13(2)7-5-6-8(14(3)4)10(12)9(7)11/h5-6H,11-12H2,1-4H3. The van der Waals surface area contributed by atoms with Crippen LogP contribution in [0.15, 0.2) is 12.1 Å². The highest BCUT2D eigenvalue weighted by Crippen LogP contribution is 2.34. The molecule has 0 unspecified atom stereocenters. The minimum absolute atomic E-state index is 0.640. The maximum absolute atomic E-state index is 5.93. The van der Waals surface area contributed by atoms with Crippen molar-refractivity contribution in [3.63, 3.8) is 0 Å². The molecule has 0 atom stereocenters. The van der Waals surface area contributed by atoms with Gasteiger partial charge < -0.3 is 21.3 Å². The van der Waals surface area contributed by atoms with E-state index in [-0.39, 0.29) is 0 Å². The smallest absolute Gasteiger partial charge is 0.0806 e. The van der Waals surface area contributed by atoms with Crippen molar-refractivity contribution < 1.29 is 0 Å². The van der Waals surface area contributed by atoms with Gasteiger partial charge in [0.25, 0.3) is 0 Å². The van der Waals surface area contributed by atoms with Crippen LogP contribution in [-0.2, 0) is 0 Å². The van der Waals surface area contributed by atoms with Gasteiger partial charge in [-0.15, -0.1) is 0 Å². The average molecular weight is 194 g/mol. The largest absolute Gasteiger partial charge is 0.395 e. The Labute approximate surface area is 85.1 Å². The zero-order chi connectivity index (χ0) is 10.9. The Morgan fingerprint density at radius 2 is 1.07 bits per heavy atom. The fourth-order valence-corrected chi connectivity index (χ4v) is 1.39. The monoisotopic (exact) mass is 194 g/mol. The molecule has 1 aromatic carbocycles. The number of rotatable bonds is 2. The van der Waals surface area contributed by atoms with E-state index in [1.807, 2.05) is 50.1 Å². The Hall–Kier alpha value is -1.58. The van der Waals surface area contributed by atoms with E-state index >= 15 is 0 Å². The lowest BCUT2D eigenvalue weighted by atomic mass is 10.2. The summed E-state index contributed by atoms with van der Waals surface area (Å²) >= 11 is 0. The van der Waals surface area contributed by atoms with Gasteiger partial charge in [-0.3, -0.25) is 0 Å². The van der Waals surface area contributed by atoms with E-state index in [9.17, 15) is 0 Å². The fourth-order valence-electron chi connectivity index (χ4n) is 1.39. The van der Waals surface area contributed by atoms with Gasteiger partial charge in [0.05, 0.1) is 22.7 Å². The van der Waals surface area contributed by atoms with Gasteiger partial charge in [-0.2, -0.15) is 0 Å². The molecule has 78 valence electrons. The summed E-state index contributed by atoms with van der Waals surface area (Å²) in [6.45, 7) is 0. The third-order valence-corrected chi connectivity index (χ3v) is 2.20. The minimum atomic E-state index is 0.640. The molecule has 0 saturated carbocycles. The molecule has 0 heterocycles. The van der Waals surface area contributed by atoms with Crippen LogP contribution in [0.3, 0.4) is 0 Å². The van der Waals surface area contributed by atoms with Crippen LogP contribution in [0.25, 0.3) is 0 Å². The van der Waals surface area contributed by atoms with Gasteiger partial charge in [0.1, 0.15) is 0 Å². The van der Waals surface area contributed by atoms with Gasteiger partial charge in [-0.1, -0.05) is 0 Å². The van der Waals surface area contributed by atoms with E-state index in [1.54, 1.807) is 0 Å². The number of benzene rings is 1. The van der Waals surface area contributed by atoms with Crippen molar-refractivity contribution in [3.05, 3.63) is 12.1 Å². The highest BCUT2D eigenvalue weighted by atomic mass is 15.1. The molecule has 0 amide bonds. The Bertz CT molecular complexity index is 298. The molecule has 0 saturated heterocycles. The number of hydrogen-bond donors (Lipinski definition) is 2. The lowest BCUT2D eigenvalue weighted by molar-refractivity contribution is 1.11. The number of hydrogen-bond acceptors (Lipinski definition) is 4. The maximum atomic E-state index is 5.93. The summed E-state index contributed by atoms with van der Waals surface area (Å²) in [6, 6.07) is 3.95. The Balaban J connectivity index is 3.26. The topological polar surface area (TPSA) is 58.5 Å². The van der Waals surface area contributed by atoms with Crippen molar-refractivity contribution >= 4 is 22.7 Å². The number of nitrogens with zero attached hydrogens (tertiary/aromatic N) is 2. The third kappa shape index (κ3) is 1.69. The van der Waals surface area contributed by atoms with Crippen molar-refractivity contribution in [2.24, 2.45) is 0 Å². The molecule has 0 fully saturated rings. The Morgan fingerprint density at radius 3 is 1.29 bits per heavy atom. The highest BCUT2D eigenvalue weighted by molar-refractivity contribution is 5.88. The number of nitrogens with two attached hydrogens (primary N) is 2. The summed E-state index contributed by atoms with van der Waals surface area (Å²) in [5.41, 5.74) is 15.0. The van der Waals surface area contributed by atoms with Gasteiger partial charge >= 0.3 is 0 Å². The molecular formula is C10H18N4. The predicted octanol–water partition coefficient (Wildman–Crippen LogP) is 0.983. The molecule has 0 aromatic heterocycles. The molecule has 4 N–H and O–H groups in total. The molecule has 4 heteroatoms. The van der Waals surface area contributed by atoms with Crippen molar-refractivity contribution in [3.8, 4) is 0 Å². The molecular weight excluding hydrogens is 176 g/mol. The number of nitrogen functional groups attached to an aromatic ring is 2. The van der Waals surface area contributed by atoms with E-state index in [4.69, 9.17) is 11.5 Å². The van der Waals surface area contributed by atoms with Crippen LogP contribution in [0.4, 0.5) is 22.7 Å². The van der Waals surface area contributed by atoms with Crippen LogP contribution in [0.1, 0.15) is 0 Å². The summed E-state index contributed by atoms with van der Waals surface area (Å²) in [5, 5.41) is 0. The summed E-state index contributed by atoms with van der Waals surface area (Å²) < 4.78 is 0. The van der Waals surface area contributed by atoms with E-state index in [0.29, 0.717) is 11.4 Å². The van der Waals surface area contributed by atoms with E-state index in [1.165, 1.54) is 0 Å². The van der Waals surface area contributed by atoms with E-state index in [0.717, 1.165) is 11.4 Å². The van der Waals surface area contributed by atoms with Crippen molar-refractivity contribution in [2.45, 2.75) is 0 Å². The Kier molecular flexibility index (Phi) is 2.74. The van der Waals surface area contributed by atoms with Crippen LogP contribution in [-0.4, -0.2) is 28.2 Å². The SMILES string of the molecule is CN(C)c1ccc(N(C)C)c(N)c1N. The van der Waals surface area contributed by atoms with Gasteiger partial charge in [0.2, 0.25) is 0 Å². The van der Waals surface area contributed by atoms with Crippen LogP contribution in [0.2, 0.25) is 0 Å². The second kappa shape index (κ2) is 3.65. The second-order valence-electron chi connectivity index (χ2n) is 3.72. The first-order chi connectivity index (χ1) is 6.45. The van der Waals surface area contributed by atoms with Crippen LogP contribution >= 0.6 is 0 Å². The fraction of sp³-hybridized carbons (Fsp3) is 0.400. The zero-order valence-corrected chi connectivity index (χ0v) is 9.20. The van der Waals surface area contributed by atoms with Crippen LogP contribution in [0.5, 0.6) is 0 Å². The molecule has 0 aliphatic carbocycles. The minimum Gasteiger partial charge on any atom is -0.395 e. The van der Waals surface area contributed by atoms with Crippen molar-refractivity contribution in [1.29, 1.82) is 0 Å². The van der Waals surface area contributed by atoms with E-state index in [2.05, 4.69) is 0 Å². The van der Waals surface area contributed by atoms with Crippen LogP contribution in [0, 0.1) is 0 Å². The molecule has 0 radical (unpaired) electrons. The first kappa shape index (κ1) is 10.5. The van der Waals surface area contributed by atoms with Crippen molar-refractivity contribution in [1.82, 2.24) is 0 Å². The summed E-state index contributed by atoms with van der Waals surface area (Å²) in [5.74, 6) is 0. The predicted molar refractivity (Wildman–Crippen MR) is 63.9 cm³/mol. The van der Waals surface area contributed by atoms with Gasteiger partial charge in [-0.05, 0) is 12.1 Å². The van der Waals surface area contributed by atoms with Crippen LogP contribution < -0.4 is 21.3 Å². The number of anilines is 4. The van der Waals surface area contributed by atoms with Gasteiger partial charge in [-0.25, -0.2) is 0 Å². The van der Waals surface area contributed by atoms with E-state index < -0.39 is 0 Å². The molecule has 1 rings (SSSR count). The highest BCUT2D eigenvalue weighted by Gasteiger charge is 2.09. The quantitative estimate of drug-likeness (QED) is 0.689. The summed E-state index contributed by atoms with van der Waals surface area (Å²) in [6.07, 6.45) is 0. The molecule has 14 heavy (non-hydrogen) atoms. The second-order valence-corrected chi connectivity index (χ2v) is 3.72. The maximum Gasteiger partial charge on any atom is 0.0806 e.